The van der Waals surface area contributed by atoms with Crippen LogP contribution in [0.5, 0.6) is 0 Å². The topological polar surface area (TPSA) is 71.7 Å². The molecule has 2 saturated heterocycles. The number of hydrogen-bond donors (Lipinski definition) is 0. The number of rotatable bonds is 4. The van der Waals surface area contributed by atoms with Crippen molar-refractivity contribution in [2.45, 2.75) is 19.8 Å². The van der Waals surface area contributed by atoms with E-state index in [0.29, 0.717) is 11.5 Å². The van der Waals surface area contributed by atoms with Crippen LogP contribution in [0.1, 0.15) is 18.4 Å². The second-order valence-electron chi connectivity index (χ2n) is 6.45. The molecule has 7 heteroatoms. The van der Waals surface area contributed by atoms with Crippen LogP contribution in [0.3, 0.4) is 0 Å². The molecule has 2 aliphatic rings. The molecule has 3 heterocycles. The lowest BCUT2D eigenvalue weighted by Crippen LogP contribution is -2.44. The predicted molar refractivity (Wildman–Crippen MR) is 87.8 cm³/mol. The number of anilines is 1. The number of nitrogens with zero attached hydrogens (tertiary/aromatic N) is 4. The Labute approximate surface area is 136 Å². The highest BCUT2D eigenvalue weighted by Gasteiger charge is 2.24. The Morgan fingerprint density at radius 2 is 2.17 bits per heavy atom. The third-order valence-electron chi connectivity index (χ3n) is 4.73. The maximum atomic E-state index is 10.9. The molecule has 0 aliphatic carbocycles. The molecule has 0 radical (unpaired) electrons. The van der Waals surface area contributed by atoms with Gasteiger partial charge in [-0.3, -0.25) is 15.0 Å². The Kier molecular flexibility index (Phi) is 5.07. The maximum Gasteiger partial charge on any atom is 0.290 e. The molecule has 1 atom stereocenters. The number of hydrogen-bond acceptors (Lipinski definition) is 6. The van der Waals surface area contributed by atoms with Gasteiger partial charge in [-0.05, 0) is 31.7 Å². The van der Waals surface area contributed by atoms with Crippen molar-refractivity contribution in [2.75, 3.05) is 50.8 Å². The minimum absolute atomic E-state index is 0.0932. The lowest BCUT2D eigenvalue weighted by atomic mass is 9.97. The molecule has 2 fully saturated rings. The number of aryl methyl sites for hydroxylation is 1. The molecule has 1 aromatic heterocycles. The van der Waals surface area contributed by atoms with E-state index in [0.717, 1.165) is 58.2 Å². The van der Waals surface area contributed by atoms with Crippen LogP contribution in [0.25, 0.3) is 0 Å². The first-order chi connectivity index (χ1) is 11.1. The van der Waals surface area contributed by atoms with E-state index in [1.807, 2.05) is 6.07 Å². The predicted octanol–water partition coefficient (Wildman–Crippen LogP) is 1.85. The molecule has 0 aromatic carbocycles. The van der Waals surface area contributed by atoms with Crippen molar-refractivity contribution in [2.24, 2.45) is 5.92 Å². The van der Waals surface area contributed by atoms with Gasteiger partial charge < -0.3 is 9.64 Å². The third-order valence-corrected chi connectivity index (χ3v) is 4.73. The van der Waals surface area contributed by atoms with Crippen molar-refractivity contribution in [1.82, 2.24) is 9.88 Å². The van der Waals surface area contributed by atoms with Gasteiger partial charge in [-0.2, -0.15) is 0 Å². The zero-order valence-corrected chi connectivity index (χ0v) is 13.6. The number of ether oxygens (including phenoxy) is 1. The van der Waals surface area contributed by atoms with Crippen LogP contribution in [0, 0.1) is 23.0 Å². The van der Waals surface area contributed by atoms with Gasteiger partial charge >= 0.3 is 0 Å². The summed E-state index contributed by atoms with van der Waals surface area (Å²) < 4.78 is 5.41. The zero-order chi connectivity index (χ0) is 16.2. The summed E-state index contributed by atoms with van der Waals surface area (Å²) in [5.41, 5.74) is 0.769. The van der Waals surface area contributed by atoms with Crippen LogP contribution in [0.15, 0.2) is 12.3 Å². The van der Waals surface area contributed by atoms with Crippen molar-refractivity contribution >= 4 is 11.5 Å². The lowest BCUT2D eigenvalue weighted by molar-refractivity contribution is -0.385. The van der Waals surface area contributed by atoms with Gasteiger partial charge in [0, 0.05) is 38.3 Å². The van der Waals surface area contributed by atoms with E-state index in [-0.39, 0.29) is 10.6 Å². The summed E-state index contributed by atoms with van der Waals surface area (Å²) in [5, 5.41) is 10.9. The highest BCUT2D eigenvalue weighted by atomic mass is 16.6. The summed E-state index contributed by atoms with van der Waals surface area (Å²) in [4.78, 5) is 19.6. The van der Waals surface area contributed by atoms with Gasteiger partial charge in [0.1, 0.15) is 12.0 Å². The van der Waals surface area contributed by atoms with Crippen LogP contribution >= 0.6 is 0 Å². The van der Waals surface area contributed by atoms with Gasteiger partial charge in [-0.25, -0.2) is 4.98 Å². The minimum Gasteiger partial charge on any atom is -0.379 e. The van der Waals surface area contributed by atoms with E-state index in [2.05, 4.69) is 14.8 Å². The highest BCUT2D eigenvalue weighted by molar-refractivity contribution is 5.48. The molecule has 126 valence electrons. The molecule has 2 aliphatic heterocycles. The summed E-state index contributed by atoms with van der Waals surface area (Å²) in [6.45, 7) is 8.53. The normalized spacial score (nSPS) is 23.0. The fraction of sp³-hybridized carbons (Fsp3) is 0.688. The monoisotopic (exact) mass is 320 g/mol. The molecule has 1 unspecified atom stereocenters. The minimum atomic E-state index is -0.371. The summed E-state index contributed by atoms with van der Waals surface area (Å²) >= 11 is 0. The van der Waals surface area contributed by atoms with Gasteiger partial charge in [0.05, 0.1) is 18.1 Å². The van der Waals surface area contributed by atoms with Crippen molar-refractivity contribution < 1.29 is 9.66 Å². The second kappa shape index (κ2) is 7.23. The van der Waals surface area contributed by atoms with Gasteiger partial charge in [0.2, 0.25) is 0 Å². The van der Waals surface area contributed by atoms with Crippen molar-refractivity contribution in [3.05, 3.63) is 27.9 Å². The molecule has 0 amide bonds. The zero-order valence-electron chi connectivity index (χ0n) is 13.6. The number of pyridine rings is 1. The number of aromatic nitrogens is 1. The van der Waals surface area contributed by atoms with Gasteiger partial charge in [0.15, 0.2) is 0 Å². The fourth-order valence-electron chi connectivity index (χ4n) is 3.47. The van der Waals surface area contributed by atoms with Crippen LogP contribution in [-0.2, 0) is 4.74 Å². The maximum absolute atomic E-state index is 10.9. The molecule has 0 spiro atoms. The van der Waals surface area contributed by atoms with Crippen molar-refractivity contribution in [3.63, 3.8) is 0 Å². The summed E-state index contributed by atoms with van der Waals surface area (Å²) in [7, 11) is 0. The Morgan fingerprint density at radius 3 is 2.87 bits per heavy atom. The molecule has 0 saturated carbocycles. The van der Waals surface area contributed by atoms with E-state index in [4.69, 9.17) is 4.74 Å². The lowest BCUT2D eigenvalue weighted by Gasteiger charge is -2.37. The summed E-state index contributed by atoms with van der Waals surface area (Å²) in [5.74, 6) is 1.49. The Hall–Kier alpha value is -1.73. The van der Waals surface area contributed by atoms with Gasteiger partial charge in [-0.15, -0.1) is 0 Å². The van der Waals surface area contributed by atoms with Crippen molar-refractivity contribution in [1.29, 1.82) is 0 Å². The molecule has 0 N–H and O–H groups in total. The first kappa shape index (κ1) is 16.1. The van der Waals surface area contributed by atoms with E-state index in [1.165, 1.54) is 12.6 Å². The van der Waals surface area contributed by atoms with Crippen LogP contribution in [-0.4, -0.2) is 60.7 Å². The number of piperidine rings is 1. The van der Waals surface area contributed by atoms with Crippen LogP contribution < -0.4 is 4.90 Å². The average Bonchev–Trinajstić information content (AvgIpc) is 2.55. The molecule has 0 bridgehead atoms. The Bertz CT molecular complexity index is 560. The summed E-state index contributed by atoms with van der Waals surface area (Å²) in [6.07, 6.45) is 3.77. The fourth-order valence-corrected chi connectivity index (χ4v) is 3.47. The Balaban J connectivity index is 1.63. The molecular weight excluding hydrogens is 296 g/mol. The van der Waals surface area contributed by atoms with E-state index in [1.54, 1.807) is 6.92 Å². The molecular formula is C16H24N4O3. The number of morpholine rings is 1. The first-order valence-electron chi connectivity index (χ1n) is 8.29. The smallest absolute Gasteiger partial charge is 0.290 e. The SMILES string of the molecule is Cc1cc(N2CCCC(CN3CCOCC3)C2)ncc1[N+](=O)[O-]. The average molecular weight is 320 g/mol. The quantitative estimate of drug-likeness (QED) is 0.623. The van der Waals surface area contributed by atoms with Crippen molar-refractivity contribution in [3.8, 4) is 0 Å². The molecule has 7 nitrogen and oxygen atoms in total. The molecule has 23 heavy (non-hydrogen) atoms. The van der Waals surface area contributed by atoms with Gasteiger partial charge in [-0.1, -0.05) is 0 Å². The number of nitro groups is 1. The second-order valence-corrected chi connectivity index (χ2v) is 6.45. The first-order valence-corrected chi connectivity index (χ1v) is 8.29. The molecule has 1 aromatic rings. The largest absolute Gasteiger partial charge is 0.379 e. The van der Waals surface area contributed by atoms with E-state index < -0.39 is 0 Å². The summed E-state index contributed by atoms with van der Waals surface area (Å²) in [6, 6.07) is 1.84. The van der Waals surface area contributed by atoms with E-state index in [9.17, 15) is 10.1 Å². The van der Waals surface area contributed by atoms with E-state index >= 15 is 0 Å². The van der Waals surface area contributed by atoms with Crippen LogP contribution in [0.2, 0.25) is 0 Å². The highest BCUT2D eigenvalue weighted by Crippen LogP contribution is 2.26. The third kappa shape index (κ3) is 3.97. The van der Waals surface area contributed by atoms with Gasteiger partial charge in [0.25, 0.3) is 5.69 Å². The standard InChI is InChI=1S/C16H24N4O3/c1-13-9-16(17-10-15(13)20(21)22)19-4-2-3-14(12-19)11-18-5-7-23-8-6-18/h9-10,14H,2-8,11-12H2,1H3. The Morgan fingerprint density at radius 1 is 1.39 bits per heavy atom. The van der Waals surface area contributed by atoms with Crippen LogP contribution in [0.4, 0.5) is 11.5 Å². The molecule has 3 rings (SSSR count).